The molecule has 2 saturated carbocycles. The van der Waals surface area contributed by atoms with Crippen molar-refractivity contribution in [1.82, 2.24) is 0 Å². The average molecular weight is 248 g/mol. The molecular formula is C12H15F3O2. The number of alkyl halides is 3. The molecule has 0 aromatic carbocycles. The van der Waals surface area contributed by atoms with Crippen LogP contribution < -0.4 is 0 Å². The fourth-order valence-corrected chi connectivity index (χ4v) is 3.56. The summed E-state index contributed by atoms with van der Waals surface area (Å²) in [4.78, 5) is 23.4. The highest BCUT2D eigenvalue weighted by Crippen LogP contribution is 2.66. The molecule has 0 saturated heterocycles. The Balaban J connectivity index is 2.42. The highest BCUT2D eigenvalue weighted by atomic mass is 19.4. The molecule has 0 amide bonds. The molecular weight excluding hydrogens is 233 g/mol. The molecule has 2 nitrogen and oxygen atoms in total. The minimum atomic E-state index is -4.91. The number of fused-ring (bicyclic) bond motifs is 2. The summed E-state index contributed by atoms with van der Waals surface area (Å²) in [6, 6.07) is 0. The van der Waals surface area contributed by atoms with Crippen molar-refractivity contribution in [3.8, 4) is 0 Å². The van der Waals surface area contributed by atoms with E-state index in [-0.39, 0.29) is 0 Å². The molecule has 0 radical (unpaired) electrons. The Morgan fingerprint density at radius 2 is 1.82 bits per heavy atom. The van der Waals surface area contributed by atoms with Gasteiger partial charge in [-0.3, -0.25) is 9.59 Å². The number of rotatable bonds is 1. The van der Waals surface area contributed by atoms with Gasteiger partial charge in [-0.1, -0.05) is 20.8 Å². The smallest absolute Gasteiger partial charge is 0.298 e. The summed E-state index contributed by atoms with van der Waals surface area (Å²) in [6.45, 7) is 5.29. The lowest BCUT2D eigenvalue weighted by Crippen LogP contribution is -2.40. The first kappa shape index (κ1) is 12.6. The molecule has 0 aromatic heterocycles. The molecule has 2 bridgehead atoms. The van der Waals surface area contributed by atoms with E-state index in [1.807, 2.05) is 0 Å². The molecule has 0 spiro atoms. The molecule has 0 aromatic rings. The third kappa shape index (κ3) is 1.34. The minimum Gasteiger partial charge on any atom is -0.298 e. The van der Waals surface area contributed by atoms with Gasteiger partial charge in [0.25, 0.3) is 0 Å². The highest BCUT2D eigenvalue weighted by molar-refractivity contribution is 6.09. The van der Waals surface area contributed by atoms with Crippen LogP contribution in [0.1, 0.15) is 33.6 Å². The molecule has 0 aliphatic heterocycles. The van der Waals surface area contributed by atoms with Crippen LogP contribution in [0.15, 0.2) is 0 Å². The molecule has 5 heteroatoms. The number of Topliss-reactive ketones (excluding diaryl/α,β-unsaturated/α-hetero) is 2. The quantitative estimate of drug-likeness (QED) is 0.669. The Morgan fingerprint density at radius 1 is 1.29 bits per heavy atom. The summed E-state index contributed by atoms with van der Waals surface area (Å²) >= 11 is 0. The first-order chi connectivity index (χ1) is 7.53. The van der Waals surface area contributed by atoms with Gasteiger partial charge in [-0.05, 0) is 24.2 Å². The number of hydrogen-bond donors (Lipinski definition) is 0. The summed E-state index contributed by atoms with van der Waals surface area (Å²) in [7, 11) is 0. The van der Waals surface area contributed by atoms with E-state index in [4.69, 9.17) is 0 Å². The second-order valence-electron chi connectivity index (χ2n) is 5.90. The van der Waals surface area contributed by atoms with Crippen LogP contribution in [0, 0.1) is 22.7 Å². The molecule has 96 valence electrons. The first-order valence-electron chi connectivity index (χ1n) is 5.69. The lowest BCUT2D eigenvalue weighted by molar-refractivity contribution is -0.178. The van der Waals surface area contributed by atoms with Crippen molar-refractivity contribution in [2.45, 2.75) is 39.8 Å². The lowest BCUT2D eigenvalue weighted by Gasteiger charge is -2.32. The van der Waals surface area contributed by atoms with Crippen LogP contribution >= 0.6 is 0 Å². The summed E-state index contributed by atoms with van der Waals surface area (Å²) in [5.41, 5.74) is -1.29. The third-order valence-corrected chi connectivity index (χ3v) is 5.09. The third-order valence-electron chi connectivity index (χ3n) is 5.09. The van der Waals surface area contributed by atoms with Crippen molar-refractivity contribution in [2.24, 2.45) is 22.7 Å². The maximum absolute atomic E-state index is 12.5. The van der Waals surface area contributed by atoms with Crippen molar-refractivity contribution in [3.05, 3.63) is 0 Å². The molecule has 2 aliphatic carbocycles. The number of ketones is 2. The number of halogens is 3. The number of carbonyl (C=O) groups excluding carboxylic acids is 2. The van der Waals surface area contributed by atoms with Crippen LogP contribution in [-0.4, -0.2) is 17.7 Å². The SMILES string of the molecule is CC12CCC([C@H](C(=O)C(F)(F)F)C1=O)C2(C)C. The highest BCUT2D eigenvalue weighted by Gasteiger charge is 2.70. The molecule has 2 fully saturated rings. The van der Waals surface area contributed by atoms with E-state index in [1.165, 1.54) is 0 Å². The van der Waals surface area contributed by atoms with Crippen LogP contribution in [0.2, 0.25) is 0 Å². The van der Waals surface area contributed by atoms with Gasteiger partial charge in [0.15, 0.2) is 0 Å². The molecule has 0 heterocycles. The zero-order chi connectivity index (χ0) is 13.2. The Labute approximate surface area is 97.6 Å². The van der Waals surface area contributed by atoms with Crippen molar-refractivity contribution in [1.29, 1.82) is 0 Å². The Morgan fingerprint density at radius 3 is 2.18 bits per heavy atom. The van der Waals surface area contributed by atoms with E-state index >= 15 is 0 Å². The van der Waals surface area contributed by atoms with Crippen LogP contribution in [0.4, 0.5) is 13.2 Å². The van der Waals surface area contributed by atoms with Gasteiger partial charge >= 0.3 is 6.18 Å². The van der Waals surface area contributed by atoms with Gasteiger partial charge in [0.2, 0.25) is 5.78 Å². The van der Waals surface area contributed by atoms with E-state index in [9.17, 15) is 22.8 Å². The van der Waals surface area contributed by atoms with Crippen molar-refractivity contribution >= 4 is 11.6 Å². The van der Waals surface area contributed by atoms with Crippen molar-refractivity contribution in [3.63, 3.8) is 0 Å². The van der Waals surface area contributed by atoms with Crippen LogP contribution in [0.25, 0.3) is 0 Å². The largest absolute Gasteiger partial charge is 0.450 e. The van der Waals surface area contributed by atoms with Crippen LogP contribution in [-0.2, 0) is 9.59 Å². The van der Waals surface area contributed by atoms with Crippen LogP contribution in [0.3, 0.4) is 0 Å². The van der Waals surface area contributed by atoms with Crippen molar-refractivity contribution in [2.75, 3.05) is 0 Å². The van der Waals surface area contributed by atoms with Gasteiger partial charge in [0.1, 0.15) is 5.78 Å². The van der Waals surface area contributed by atoms with Gasteiger partial charge in [-0.25, -0.2) is 0 Å². The van der Waals surface area contributed by atoms with E-state index < -0.39 is 40.4 Å². The number of carbonyl (C=O) groups is 2. The topological polar surface area (TPSA) is 34.1 Å². The summed E-state index contributed by atoms with van der Waals surface area (Å²) in [6.07, 6.45) is -3.79. The second kappa shape index (κ2) is 3.12. The monoisotopic (exact) mass is 248 g/mol. The number of hydrogen-bond acceptors (Lipinski definition) is 2. The van der Waals surface area contributed by atoms with E-state index in [0.717, 1.165) is 0 Å². The lowest BCUT2D eigenvalue weighted by atomic mass is 9.70. The summed E-state index contributed by atoms with van der Waals surface area (Å²) < 4.78 is 37.4. The van der Waals surface area contributed by atoms with Gasteiger partial charge in [-0.15, -0.1) is 0 Å². The molecule has 2 unspecified atom stereocenters. The molecule has 0 N–H and O–H groups in total. The van der Waals surface area contributed by atoms with E-state index in [0.29, 0.717) is 12.8 Å². The standard InChI is InChI=1S/C12H15F3O2/c1-10(2)6-4-5-11(10,3)8(16)7(6)9(17)12(13,14)15/h6-7H,4-5H2,1-3H3/t6?,7-,11?/m0/s1. The molecule has 17 heavy (non-hydrogen) atoms. The maximum atomic E-state index is 12.5. The fraction of sp³-hybridized carbons (Fsp3) is 0.833. The Kier molecular flexibility index (Phi) is 2.31. The van der Waals surface area contributed by atoms with Gasteiger partial charge in [-0.2, -0.15) is 13.2 Å². The zero-order valence-corrected chi connectivity index (χ0v) is 10.0. The molecule has 2 rings (SSSR count). The van der Waals surface area contributed by atoms with Gasteiger partial charge < -0.3 is 0 Å². The predicted octanol–water partition coefficient (Wildman–Crippen LogP) is 2.76. The minimum absolute atomic E-state index is 0.464. The maximum Gasteiger partial charge on any atom is 0.450 e. The fourth-order valence-electron chi connectivity index (χ4n) is 3.56. The molecule has 2 aliphatic rings. The first-order valence-corrected chi connectivity index (χ1v) is 5.69. The van der Waals surface area contributed by atoms with E-state index in [2.05, 4.69) is 0 Å². The molecule has 3 atom stereocenters. The zero-order valence-electron chi connectivity index (χ0n) is 10.0. The normalized spacial score (nSPS) is 39.8. The van der Waals surface area contributed by atoms with E-state index in [1.54, 1.807) is 20.8 Å². The predicted molar refractivity (Wildman–Crippen MR) is 54.2 cm³/mol. The van der Waals surface area contributed by atoms with Gasteiger partial charge in [0, 0.05) is 5.41 Å². The summed E-state index contributed by atoms with van der Waals surface area (Å²) in [5, 5.41) is 0. The Hall–Kier alpha value is -0.870. The average Bonchev–Trinajstić information content (AvgIpc) is 2.47. The van der Waals surface area contributed by atoms with Crippen LogP contribution in [0.5, 0.6) is 0 Å². The second-order valence-corrected chi connectivity index (χ2v) is 5.90. The van der Waals surface area contributed by atoms with Gasteiger partial charge in [0.05, 0.1) is 5.92 Å². The summed E-state index contributed by atoms with van der Waals surface area (Å²) in [5.74, 6) is -4.30. The van der Waals surface area contributed by atoms with Crippen molar-refractivity contribution < 1.29 is 22.8 Å². The Bertz CT molecular complexity index is 397.